The summed E-state index contributed by atoms with van der Waals surface area (Å²) in [5, 5.41) is 8.58. The second kappa shape index (κ2) is 5.06. The third-order valence-electron chi connectivity index (χ3n) is 2.75. The maximum atomic E-state index is 6.09. The Morgan fingerprint density at radius 1 is 1.17 bits per heavy atom. The first-order valence-corrected chi connectivity index (χ1v) is 6.34. The van der Waals surface area contributed by atoms with Crippen LogP contribution in [-0.4, -0.2) is 19.7 Å². The van der Waals surface area contributed by atoms with Crippen molar-refractivity contribution < 1.29 is 0 Å². The number of hydrogen-bond donors (Lipinski definition) is 0. The largest absolute Gasteiger partial charge is 0.301 e. The molecule has 18 heavy (non-hydrogen) atoms. The van der Waals surface area contributed by atoms with Crippen molar-refractivity contribution >= 4 is 11.6 Å². The average molecular weight is 265 g/mol. The SMILES string of the molecule is CC(C)(C)c1nnc(Cl)n1CCc1ccncc1. The third-order valence-corrected chi connectivity index (χ3v) is 3.03. The molecule has 2 aromatic rings. The zero-order chi connectivity index (χ0) is 13.2. The monoisotopic (exact) mass is 264 g/mol. The minimum absolute atomic E-state index is 0.0572. The maximum absolute atomic E-state index is 6.09. The van der Waals surface area contributed by atoms with E-state index in [0.717, 1.165) is 18.8 Å². The van der Waals surface area contributed by atoms with E-state index >= 15 is 0 Å². The van der Waals surface area contributed by atoms with E-state index in [1.807, 2.05) is 16.7 Å². The van der Waals surface area contributed by atoms with Gasteiger partial charge in [0.1, 0.15) is 5.82 Å². The van der Waals surface area contributed by atoms with Crippen LogP contribution < -0.4 is 0 Å². The van der Waals surface area contributed by atoms with Crippen molar-refractivity contribution in [1.29, 1.82) is 0 Å². The van der Waals surface area contributed by atoms with E-state index in [2.05, 4.69) is 36.0 Å². The summed E-state index contributed by atoms with van der Waals surface area (Å²) in [6, 6.07) is 4.02. The van der Waals surface area contributed by atoms with E-state index in [1.165, 1.54) is 5.56 Å². The lowest BCUT2D eigenvalue weighted by molar-refractivity contribution is 0.497. The minimum Gasteiger partial charge on any atom is -0.301 e. The molecule has 0 fully saturated rings. The van der Waals surface area contributed by atoms with Crippen molar-refractivity contribution in [2.45, 2.75) is 39.2 Å². The molecule has 0 bridgehead atoms. The average Bonchev–Trinajstić information content (AvgIpc) is 2.69. The molecule has 2 heterocycles. The van der Waals surface area contributed by atoms with Crippen LogP contribution in [0.15, 0.2) is 24.5 Å². The van der Waals surface area contributed by atoms with Crippen LogP contribution in [-0.2, 0) is 18.4 Å². The van der Waals surface area contributed by atoms with Gasteiger partial charge in [0.15, 0.2) is 0 Å². The van der Waals surface area contributed by atoms with Crippen molar-refractivity contribution in [3.05, 3.63) is 41.2 Å². The van der Waals surface area contributed by atoms with Crippen LogP contribution in [0.5, 0.6) is 0 Å². The van der Waals surface area contributed by atoms with Gasteiger partial charge in [0.2, 0.25) is 5.28 Å². The van der Waals surface area contributed by atoms with E-state index in [4.69, 9.17) is 11.6 Å². The van der Waals surface area contributed by atoms with Crippen LogP contribution in [0.1, 0.15) is 32.2 Å². The van der Waals surface area contributed by atoms with Gasteiger partial charge in [-0.3, -0.25) is 4.98 Å². The number of halogens is 1. The Kier molecular flexibility index (Phi) is 3.66. The summed E-state index contributed by atoms with van der Waals surface area (Å²) in [7, 11) is 0. The van der Waals surface area contributed by atoms with Gasteiger partial charge in [0.05, 0.1) is 0 Å². The van der Waals surface area contributed by atoms with Gasteiger partial charge in [0, 0.05) is 24.4 Å². The van der Waals surface area contributed by atoms with E-state index < -0.39 is 0 Å². The van der Waals surface area contributed by atoms with Crippen molar-refractivity contribution in [3.63, 3.8) is 0 Å². The first-order chi connectivity index (χ1) is 8.48. The predicted molar refractivity (Wildman–Crippen MR) is 71.7 cm³/mol. The Hall–Kier alpha value is -1.42. The number of pyridine rings is 1. The third kappa shape index (κ3) is 2.88. The molecule has 0 unspecified atom stereocenters. The van der Waals surface area contributed by atoms with Gasteiger partial charge in [0.25, 0.3) is 0 Å². The van der Waals surface area contributed by atoms with Crippen LogP contribution >= 0.6 is 11.6 Å². The van der Waals surface area contributed by atoms with Crippen LogP contribution in [0.3, 0.4) is 0 Å². The van der Waals surface area contributed by atoms with Crippen LogP contribution in [0.25, 0.3) is 0 Å². The van der Waals surface area contributed by atoms with E-state index in [-0.39, 0.29) is 5.41 Å². The van der Waals surface area contributed by atoms with Gasteiger partial charge >= 0.3 is 0 Å². The first kappa shape index (κ1) is 13.0. The van der Waals surface area contributed by atoms with E-state index in [1.54, 1.807) is 12.4 Å². The zero-order valence-corrected chi connectivity index (χ0v) is 11.6. The predicted octanol–water partition coefficient (Wildman–Crippen LogP) is 2.87. The Morgan fingerprint density at radius 2 is 1.83 bits per heavy atom. The summed E-state index contributed by atoms with van der Waals surface area (Å²) >= 11 is 6.09. The molecule has 4 nitrogen and oxygen atoms in total. The van der Waals surface area contributed by atoms with Crippen LogP contribution in [0.4, 0.5) is 0 Å². The molecular formula is C13H17ClN4. The number of aromatic nitrogens is 4. The Balaban J connectivity index is 2.17. The molecule has 0 radical (unpaired) electrons. The van der Waals surface area contributed by atoms with Gasteiger partial charge in [-0.2, -0.15) is 0 Å². The molecule has 0 aliphatic heterocycles. The number of hydrogen-bond acceptors (Lipinski definition) is 3. The highest BCUT2D eigenvalue weighted by molar-refractivity contribution is 6.28. The maximum Gasteiger partial charge on any atom is 0.225 e. The molecule has 0 aliphatic rings. The van der Waals surface area contributed by atoms with Crippen molar-refractivity contribution in [2.24, 2.45) is 0 Å². The Bertz CT molecular complexity index is 514. The van der Waals surface area contributed by atoms with Gasteiger partial charge in [-0.15, -0.1) is 10.2 Å². The quantitative estimate of drug-likeness (QED) is 0.856. The summed E-state index contributed by atoms with van der Waals surface area (Å²) in [5.74, 6) is 0.918. The van der Waals surface area contributed by atoms with E-state index in [0.29, 0.717) is 5.28 Å². The molecule has 0 atom stereocenters. The molecule has 0 N–H and O–H groups in total. The Labute approximate surface area is 112 Å². The molecule has 0 spiro atoms. The standard InChI is InChI=1S/C13H17ClN4/c1-13(2,3)11-16-17-12(14)18(11)9-6-10-4-7-15-8-5-10/h4-5,7-8H,6,9H2,1-3H3. The summed E-state index contributed by atoms with van der Waals surface area (Å²) < 4.78 is 1.97. The summed E-state index contributed by atoms with van der Waals surface area (Å²) in [6.07, 6.45) is 4.49. The molecule has 2 aromatic heterocycles. The molecule has 0 aliphatic carbocycles. The lowest BCUT2D eigenvalue weighted by atomic mass is 9.95. The van der Waals surface area contributed by atoms with Gasteiger partial charge in [-0.25, -0.2) is 0 Å². The van der Waals surface area contributed by atoms with Gasteiger partial charge in [-0.05, 0) is 35.7 Å². The minimum atomic E-state index is -0.0572. The zero-order valence-electron chi connectivity index (χ0n) is 10.9. The van der Waals surface area contributed by atoms with Gasteiger partial charge in [-0.1, -0.05) is 20.8 Å². The Morgan fingerprint density at radius 3 is 2.44 bits per heavy atom. The molecular weight excluding hydrogens is 248 g/mol. The van der Waals surface area contributed by atoms with Crippen molar-refractivity contribution in [1.82, 2.24) is 19.7 Å². The smallest absolute Gasteiger partial charge is 0.225 e. The topological polar surface area (TPSA) is 43.6 Å². The highest BCUT2D eigenvalue weighted by Crippen LogP contribution is 2.23. The molecule has 5 heteroatoms. The highest BCUT2D eigenvalue weighted by Gasteiger charge is 2.22. The fraction of sp³-hybridized carbons (Fsp3) is 0.462. The van der Waals surface area contributed by atoms with Crippen LogP contribution in [0, 0.1) is 0 Å². The molecule has 0 saturated carbocycles. The molecule has 0 amide bonds. The fourth-order valence-corrected chi connectivity index (χ4v) is 2.03. The first-order valence-electron chi connectivity index (χ1n) is 5.96. The van der Waals surface area contributed by atoms with Crippen molar-refractivity contribution in [2.75, 3.05) is 0 Å². The second-order valence-corrected chi connectivity index (χ2v) is 5.64. The lowest BCUT2D eigenvalue weighted by Crippen LogP contribution is -2.20. The summed E-state index contributed by atoms with van der Waals surface area (Å²) in [6.45, 7) is 7.10. The van der Waals surface area contributed by atoms with Gasteiger partial charge < -0.3 is 4.57 Å². The molecule has 2 rings (SSSR count). The second-order valence-electron chi connectivity index (χ2n) is 5.30. The normalized spacial score (nSPS) is 11.8. The number of rotatable bonds is 3. The molecule has 96 valence electrons. The fourth-order valence-electron chi connectivity index (χ4n) is 1.83. The van der Waals surface area contributed by atoms with E-state index in [9.17, 15) is 0 Å². The summed E-state index contributed by atoms with van der Waals surface area (Å²) in [5.41, 5.74) is 1.17. The number of nitrogens with zero attached hydrogens (tertiary/aromatic N) is 4. The number of aryl methyl sites for hydroxylation is 1. The van der Waals surface area contributed by atoms with Crippen LogP contribution in [0.2, 0.25) is 5.28 Å². The summed E-state index contributed by atoms with van der Waals surface area (Å²) in [4.78, 5) is 4.01. The highest BCUT2D eigenvalue weighted by atomic mass is 35.5. The molecule has 0 saturated heterocycles. The lowest BCUT2D eigenvalue weighted by Gasteiger charge is -2.18. The van der Waals surface area contributed by atoms with Crippen molar-refractivity contribution in [3.8, 4) is 0 Å². The molecule has 0 aromatic carbocycles.